The van der Waals surface area contributed by atoms with Crippen LogP contribution in [0.25, 0.3) is 0 Å². The Morgan fingerprint density at radius 3 is 2.14 bits per heavy atom. The lowest BCUT2D eigenvalue weighted by Crippen LogP contribution is -2.52. The van der Waals surface area contributed by atoms with Gasteiger partial charge >= 0.3 is 0 Å². The molecular weight excluding hydrogens is 533 g/mol. The molecule has 0 heterocycles. The van der Waals surface area contributed by atoms with Crippen LogP contribution < -0.4 is 9.62 Å². The van der Waals surface area contributed by atoms with Gasteiger partial charge in [0.05, 0.1) is 11.9 Å². The monoisotopic (exact) mass is 561 g/mol. The molecule has 2 amide bonds. The quantitative estimate of drug-likeness (QED) is 0.418. The van der Waals surface area contributed by atoms with Crippen molar-refractivity contribution in [2.75, 3.05) is 23.7 Å². The third kappa shape index (κ3) is 8.56. The molecule has 192 valence electrons. The molecule has 0 bridgehead atoms. The normalized spacial score (nSPS) is 12.3. The molecule has 2 aromatic rings. The predicted molar refractivity (Wildman–Crippen MR) is 143 cm³/mol. The Hall–Kier alpha value is -2.00. The van der Waals surface area contributed by atoms with Gasteiger partial charge in [-0.3, -0.25) is 13.9 Å². The number of hydrogen-bond donors (Lipinski definition) is 1. The summed E-state index contributed by atoms with van der Waals surface area (Å²) in [4.78, 5) is 28.0. The van der Waals surface area contributed by atoms with E-state index in [1.807, 2.05) is 13.8 Å². The van der Waals surface area contributed by atoms with Crippen LogP contribution in [0.1, 0.15) is 32.8 Å². The third-order valence-electron chi connectivity index (χ3n) is 5.18. The standard InChI is InChI=1S/C24H30Cl3N3O4S/c1-5-22(24(32)28-13-16(2)3)29(14-17-8-6-7-9-21(17)27)23(31)15-30(35(4,33)34)20-11-18(25)10-19(26)12-20/h6-12,16,22H,5,13-15H2,1-4H3,(H,28,32). The van der Waals surface area contributed by atoms with Crippen molar-refractivity contribution in [3.05, 3.63) is 63.1 Å². The summed E-state index contributed by atoms with van der Waals surface area (Å²) < 4.78 is 26.2. The molecule has 0 aliphatic carbocycles. The molecule has 0 saturated heterocycles. The van der Waals surface area contributed by atoms with Gasteiger partial charge in [0.1, 0.15) is 12.6 Å². The molecule has 1 atom stereocenters. The third-order valence-corrected chi connectivity index (χ3v) is 7.13. The fourth-order valence-corrected chi connectivity index (χ4v) is 4.99. The van der Waals surface area contributed by atoms with Gasteiger partial charge in [-0.25, -0.2) is 8.42 Å². The molecule has 0 radical (unpaired) electrons. The zero-order valence-corrected chi connectivity index (χ0v) is 23.2. The molecule has 0 spiro atoms. The first-order valence-electron chi connectivity index (χ1n) is 11.1. The summed E-state index contributed by atoms with van der Waals surface area (Å²) in [5.41, 5.74) is 0.780. The second-order valence-electron chi connectivity index (χ2n) is 8.57. The number of carbonyl (C=O) groups excluding carboxylic acids is 2. The summed E-state index contributed by atoms with van der Waals surface area (Å²) in [6, 6.07) is 10.4. The highest BCUT2D eigenvalue weighted by molar-refractivity contribution is 7.92. The van der Waals surface area contributed by atoms with E-state index in [2.05, 4.69) is 5.32 Å². The van der Waals surface area contributed by atoms with Crippen molar-refractivity contribution in [3.63, 3.8) is 0 Å². The van der Waals surface area contributed by atoms with Crippen LogP contribution >= 0.6 is 34.8 Å². The van der Waals surface area contributed by atoms with Crippen LogP contribution in [0.5, 0.6) is 0 Å². The number of nitrogens with one attached hydrogen (secondary N) is 1. The van der Waals surface area contributed by atoms with E-state index in [9.17, 15) is 18.0 Å². The van der Waals surface area contributed by atoms with Crippen molar-refractivity contribution in [1.29, 1.82) is 0 Å². The van der Waals surface area contributed by atoms with Crippen molar-refractivity contribution in [2.24, 2.45) is 5.92 Å². The van der Waals surface area contributed by atoms with Crippen LogP contribution in [0, 0.1) is 5.92 Å². The van der Waals surface area contributed by atoms with Crippen molar-refractivity contribution in [2.45, 2.75) is 39.8 Å². The minimum atomic E-state index is -3.89. The fourth-order valence-electron chi connectivity index (χ4n) is 3.45. The van der Waals surface area contributed by atoms with E-state index in [1.165, 1.54) is 23.1 Å². The van der Waals surface area contributed by atoms with Crippen LogP contribution in [-0.4, -0.2) is 50.5 Å². The average Bonchev–Trinajstić information content (AvgIpc) is 2.75. The Balaban J connectivity index is 2.47. The highest BCUT2D eigenvalue weighted by Crippen LogP contribution is 2.28. The van der Waals surface area contributed by atoms with Crippen molar-refractivity contribution in [1.82, 2.24) is 10.2 Å². The number of sulfonamides is 1. The van der Waals surface area contributed by atoms with Gasteiger partial charge in [-0.2, -0.15) is 0 Å². The number of hydrogen-bond acceptors (Lipinski definition) is 4. The molecule has 1 unspecified atom stereocenters. The van der Waals surface area contributed by atoms with E-state index < -0.39 is 28.5 Å². The molecule has 0 aromatic heterocycles. The number of carbonyl (C=O) groups is 2. The molecule has 11 heteroatoms. The molecule has 0 aliphatic rings. The van der Waals surface area contributed by atoms with E-state index in [1.54, 1.807) is 31.2 Å². The topological polar surface area (TPSA) is 86.8 Å². The maximum atomic E-state index is 13.6. The summed E-state index contributed by atoms with van der Waals surface area (Å²) in [6.07, 6.45) is 1.31. The van der Waals surface area contributed by atoms with Gasteiger partial charge < -0.3 is 10.2 Å². The molecule has 2 aromatic carbocycles. The summed E-state index contributed by atoms with van der Waals surface area (Å²) in [5, 5.41) is 3.75. The number of nitrogens with zero attached hydrogens (tertiary/aromatic N) is 2. The summed E-state index contributed by atoms with van der Waals surface area (Å²) in [6.45, 7) is 5.65. The number of anilines is 1. The Morgan fingerprint density at radius 2 is 1.63 bits per heavy atom. The molecule has 2 rings (SSSR count). The lowest BCUT2D eigenvalue weighted by atomic mass is 10.1. The Morgan fingerprint density at radius 1 is 1.03 bits per heavy atom. The summed E-state index contributed by atoms with van der Waals surface area (Å²) >= 11 is 18.5. The Labute approximate surface area is 222 Å². The van der Waals surface area contributed by atoms with Gasteiger partial charge in [0.25, 0.3) is 0 Å². The van der Waals surface area contributed by atoms with Gasteiger partial charge in [0.2, 0.25) is 21.8 Å². The van der Waals surface area contributed by atoms with Gasteiger partial charge in [0.15, 0.2) is 0 Å². The fraction of sp³-hybridized carbons (Fsp3) is 0.417. The van der Waals surface area contributed by atoms with E-state index in [0.717, 1.165) is 10.6 Å². The largest absolute Gasteiger partial charge is 0.354 e. The lowest BCUT2D eigenvalue weighted by molar-refractivity contribution is -0.140. The number of halogens is 3. The predicted octanol–water partition coefficient (Wildman–Crippen LogP) is 4.99. The first-order chi connectivity index (χ1) is 16.3. The molecule has 7 nitrogen and oxygen atoms in total. The lowest BCUT2D eigenvalue weighted by Gasteiger charge is -2.33. The average molecular weight is 563 g/mol. The van der Waals surface area contributed by atoms with Gasteiger partial charge in [-0.05, 0) is 42.2 Å². The van der Waals surface area contributed by atoms with Crippen LogP contribution in [0.4, 0.5) is 5.69 Å². The summed E-state index contributed by atoms with van der Waals surface area (Å²) in [7, 11) is -3.89. The van der Waals surface area contributed by atoms with Crippen LogP contribution in [0.3, 0.4) is 0 Å². The van der Waals surface area contributed by atoms with Crippen molar-refractivity contribution < 1.29 is 18.0 Å². The maximum absolute atomic E-state index is 13.6. The molecule has 0 saturated carbocycles. The van der Waals surface area contributed by atoms with Crippen LogP contribution in [0.2, 0.25) is 15.1 Å². The van der Waals surface area contributed by atoms with E-state index in [4.69, 9.17) is 34.8 Å². The van der Waals surface area contributed by atoms with E-state index >= 15 is 0 Å². The number of amides is 2. The molecule has 0 fully saturated rings. The smallest absolute Gasteiger partial charge is 0.244 e. The van der Waals surface area contributed by atoms with Gasteiger partial charge in [-0.15, -0.1) is 0 Å². The Kier molecular flexibility index (Phi) is 10.7. The maximum Gasteiger partial charge on any atom is 0.244 e. The molecule has 0 aliphatic heterocycles. The molecule has 35 heavy (non-hydrogen) atoms. The first kappa shape index (κ1) is 29.2. The Bertz CT molecular complexity index is 1140. The van der Waals surface area contributed by atoms with Crippen LogP contribution in [0.15, 0.2) is 42.5 Å². The second-order valence-corrected chi connectivity index (χ2v) is 11.8. The van der Waals surface area contributed by atoms with E-state index in [-0.39, 0.29) is 34.1 Å². The van der Waals surface area contributed by atoms with Gasteiger partial charge in [-0.1, -0.05) is 73.8 Å². The minimum Gasteiger partial charge on any atom is -0.354 e. The number of rotatable bonds is 11. The SMILES string of the molecule is CCC(C(=O)NCC(C)C)N(Cc1ccccc1Cl)C(=O)CN(c1cc(Cl)cc(Cl)c1)S(C)(=O)=O. The minimum absolute atomic E-state index is 0.0278. The zero-order chi connectivity index (χ0) is 26.3. The highest BCUT2D eigenvalue weighted by atomic mass is 35.5. The summed E-state index contributed by atoms with van der Waals surface area (Å²) in [5.74, 6) is -0.672. The highest BCUT2D eigenvalue weighted by Gasteiger charge is 2.32. The van der Waals surface area contributed by atoms with Crippen LogP contribution in [-0.2, 0) is 26.2 Å². The van der Waals surface area contributed by atoms with Gasteiger partial charge in [0, 0.05) is 28.2 Å². The molecular formula is C24H30Cl3N3O4S. The molecule has 1 N–H and O–H groups in total. The van der Waals surface area contributed by atoms with E-state index in [0.29, 0.717) is 23.6 Å². The zero-order valence-electron chi connectivity index (χ0n) is 20.1. The second kappa shape index (κ2) is 12.8. The van der Waals surface area contributed by atoms with Crippen molar-refractivity contribution >= 4 is 62.3 Å². The van der Waals surface area contributed by atoms with Crippen molar-refractivity contribution in [3.8, 4) is 0 Å². The first-order valence-corrected chi connectivity index (χ1v) is 14.1. The number of benzene rings is 2.